The van der Waals surface area contributed by atoms with Gasteiger partial charge in [-0.25, -0.2) is 0 Å². The fraction of sp³-hybridized carbons (Fsp3) is 0.0714. The molecule has 0 aliphatic rings. The minimum Gasteiger partial charge on any atom is -0.467 e. The Morgan fingerprint density at radius 1 is 1.23 bits per heavy atom. The molecule has 1 aromatic carbocycles. The molecule has 0 bridgehead atoms. The van der Waals surface area contributed by atoms with Crippen molar-refractivity contribution in [2.45, 2.75) is 6.54 Å². The lowest BCUT2D eigenvalue weighted by Crippen LogP contribution is -2.46. The number of hydrogen-bond donors (Lipinski definition) is 4. The summed E-state index contributed by atoms with van der Waals surface area (Å²) < 4.78 is 5.17. The van der Waals surface area contributed by atoms with E-state index in [1.807, 2.05) is 30.3 Å². The number of H-pyrrole nitrogens is 1. The zero-order valence-corrected chi connectivity index (χ0v) is 12.2. The molecule has 3 aromatic rings. The Kier molecular flexibility index (Phi) is 4.01. The van der Waals surface area contributed by atoms with Crippen LogP contribution in [0.2, 0.25) is 0 Å². The van der Waals surface area contributed by atoms with Crippen LogP contribution in [-0.2, 0) is 6.54 Å². The summed E-state index contributed by atoms with van der Waals surface area (Å²) in [5.41, 5.74) is 6.22. The van der Waals surface area contributed by atoms with E-state index in [2.05, 4.69) is 26.4 Å². The summed E-state index contributed by atoms with van der Waals surface area (Å²) >= 11 is 5.06. The SMILES string of the molecule is O=C(NNC(=S)NCc1ccco1)c1n[nH]c2ccccc12. The summed E-state index contributed by atoms with van der Waals surface area (Å²) in [6.45, 7) is 0.431. The molecule has 2 heterocycles. The molecule has 1 amide bonds. The molecule has 112 valence electrons. The summed E-state index contributed by atoms with van der Waals surface area (Å²) in [6, 6.07) is 11.0. The smallest absolute Gasteiger partial charge is 0.290 e. The van der Waals surface area contributed by atoms with Crippen LogP contribution in [0, 0.1) is 0 Å². The Morgan fingerprint density at radius 2 is 2.09 bits per heavy atom. The second-order valence-corrected chi connectivity index (χ2v) is 4.87. The molecule has 4 N–H and O–H groups in total. The Morgan fingerprint density at radius 3 is 2.91 bits per heavy atom. The number of para-hydroxylation sites is 1. The lowest BCUT2D eigenvalue weighted by atomic mass is 10.2. The summed E-state index contributed by atoms with van der Waals surface area (Å²) in [7, 11) is 0. The van der Waals surface area contributed by atoms with Gasteiger partial charge in [0, 0.05) is 5.39 Å². The number of furan rings is 1. The fourth-order valence-electron chi connectivity index (χ4n) is 1.93. The molecule has 0 saturated carbocycles. The third-order valence-electron chi connectivity index (χ3n) is 2.98. The van der Waals surface area contributed by atoms with Crippen LogP contribution in [-0.4, -0.2) is 21.2 Å². The van der Waals surface area contributed by atoms with Crippen molar-refractivity contribution in [3.05, 3.63) is 54.1 Å². The molecule has 22 heavy (non-hydrogen) atoms. The number of aromatic nitrogens is 2. The first kappa shape index (κ1) is 14.1. The molecule has 0 spiro atoms. The van der Waals surface area contributed by atoms with Gasteiger partial charge in [-0.1, -0.05) is 18.2 Å². The Labute approximate surface area is 131 Å². The van der Waals surface area contributed by atoms with Crippen molar-refractivity contribution < 1.29 is 9.21 Å². The number of benzene rings is 1. The number of fused-ring (bicyclic) bond motifs is 1. The van der Waals surface area contributed by atoms with E-state index in [0.717, 1.165) is 16.7 Å². The highest BCUT2D eigenvalue weighted by atomic mass is 32.1. The van der Waals surface area contributed by atoms with Crippen LogP contribution in [0.3, 0.4) is 0 Å². The molecular formula is C14H13N5O2S. The number of nitrogens with one attached hydrogen (secondary N) is 4. The predicted molar refractivity (Wildman–Crippen MR) is 84.8 cm³/mol. The number of hydrazine groups is 1. The molecule has 0 fully saturated rings. The maximum absolute atomic E-state index is 12.1. The summed E-state index contributed by atoms with van der Waals surface area (Å²) in [4.78, 5) is 12.1. The highest BCUT2D eigenvalue weighted by Crippen LogP contribution is 2.14. The van der Waals surface area contributed by atoms with Crippen molar-refractivity contribution in [1.82, 2.24) is 26.4 Å². The third kappa shape index (κ3) is 3.07. The minimum atomic E-state index is -0.375. The summed E-state index contributed by atoms with van der Waals surface area (Å²) in [6.07, 6.45) is 1.58. The van der Waals surface area contributed by atoms with E-state index in [9.17, 15) is 4.79 Å². The highest BCUT2D eigenvalue weighted by molar-refractivity contribution is 7.80. The second kappa shape index (κ2) is 6.27. The first-order valence-corrected chi connectivity index (χ1v) is 6.94. The third-order valence-corrected chi connectivity index (χ3v) is 3.22. The first-order chi connectivity index (χ1) is 10.7. The largest absolute Gasteiger partial charge is 0.467 e. The average molecular weight is 315 g/mol. The Hall–Kier alpha value is -2.87. The molecule has 0 saturated heterocycles. The van der Waals surface area contributed by atoms with E-state index in [0.29, 0.717) is 12.2 Å². The lowest BCUT2D eigenvalue weighted by Gasteiger charge is -2.09. The summed E-state index contributed by atoms with van der Waals surface area (Å²) in [5.74, 6) is 0.369. The average Bonchev–Trinajstić information content (AvgIpc) is 3.19. The van der Waals surface area contributed by atoms with E-state index < -0.39 is 0 Å². The van der Waals surface area contributed by atoms with E-state index in [1.54, 1.807) is 12.3 Å². The van der Waals surface area contributed by atoms with Gasteiger partial charge in [-0.2, -0.15) is 5.10 Å². The molecule has 0 radical (unpaired) electrons. The molecule has 7 nitrogen and oxygen atoms in total. The van der Waals surface area contributed by atoms with Crippen molar-refractivity contribution in [3.8, 4) is 0 Å². The lowest BCUT2D eigenvalue weighted by molar-refractivity contribution is 0.0940. The normalized spacial score (nSPS) is 10.4. The summed E-state index contributed by atoms with van der Waals surface area (Å²) in [5, 5.41) is 10.7. The number of nitrogens with zero attached hydrogens (tertiary/aromatic N) is 1. The van der Waals surface area contributed by atoms with Crippen LogP contribution < -0.4 is 16.2 Å². The van der Waals surface area contributed by atoms with Crippen LogP contribution in [0.15, 0.2) is 47.1 Å². The Bertz CT molecular complexity index is 797. The highest BCUT2D eigenvalue weighted by Gasteiger charge is 2.13. The standard InChI is InChI=1S/C14H13N5O2S/c20-13(12-10-5-1-2-6-11(10)16-17-12)18-19-14(22)15-8-9-4-3-7-21-9/h1-7H,8H2,(H,16,17)(H,18,20)(H2,15,19,22). The number of aromatic amines is 1. The van der Waals surface area contributed by atoms with Gasteiger partial charge < -0.3 is 9.73 Å². The van der Waals surface area contributed by atoms with Gasteiger partial charge in [0.25, 0.3) is 5.91 Å². The molecule has 2 aromatic heterocycles. The van der Waals surface area contributed by atoms with E-state index in [-0.39, 0.29) is 11.0 Å². The number of carbonyl (C=O) groups is 1. The number of hydrogen-bond acceptors (Lipinski definition) is 4. The molecule has 0 aliphatic carbocycles. The van der Waals surface area contributed by atoms with Crippen molar-refractivity contribution in [3.63, 3.8) is 0 Å². The number of rotatable bonds is 3. The predicted octanol–water partition coefficient (Wildman–Crippen LogP) is 1.46. The molecule has 0 atom stereocenters. The quantitative estimate of drug-likeness (QED) is 0.432. The molecule has 8 heteroatoms. The maximum Gasteiger partial charge on any atom is 0.290 e. The molecule has 0 aliphatic heterocycles. The monoisotopic (exact) mass is 315 g/mol. The molecular weight excluding hydrogens is 302 g/mol. The fourth-order valence-corrected chi connectivity index (χ4v) is 2.06. The Balaban J connectivity index is 1.54. The van der Waals surface area contributed by atoms with Crippen LogP contribution in [0.5, 0.6) is 0 Å². The zero-order chi connectivity index (χ0) is 15.4. The topological polar surface area (TPSA) is 95.0 Å². The molecule has 0 unspecified atom stereocenters. The van der Waals surface area contributed by atoms with Gasteiger partial charge >= 0.3 is 0 Å². The van der Waals surface area contributed by atoms with Crippen LogP contribution in [0.4, 0.5) is 0 Å². The van der Waals surface area contributed by atoms with Gasteiger partial charge in [0.2, 0.25) is 0 Å². The van der Waals surface area contributed by atoms with Gasteiger partial charge in [-0.05, 0) is 30.4 Å². The van der Waals surface area contributed by atoms with Gasteiger partial charge in [0.05, 0.1) is 18.3 Å². The van der Waals surface area contributed by atoms with Gasteiger partial charge in [-0.3, -0.25) is 20.7 Å². The zero-order valence-electron chi connectivity index (χ0n) is 11.4. The first-order valence-electron chi connectivity index (χ1n) is 6.54. The van der Waals surface area contributed by atoms with E-state index in [1.165, 1.54) is 0 Å². The molecule has 3 rings (SSSR count). The van der Waals surface area contributed by atoms with Crippen molar-refractivity contribution in [2.24, 2.45) is 0 Å². The van der Waals surface area contributed by atoms with Crippen molar-refractivity contribution in [2.75, 3.05) is 0 Å². The minimum absolute atomic E-state index is 0.282. The van der Waals surface area contributed by atoms with Gasteiger partial charge in [-0.15, -0.1) is 0 Å². The van der Waals surface area contributed by atoms with Crippen LogP contribution in [0.25, 0.3) is 10.9 Å². The number of carbonyl (C=O) groups excluding carboxylic acids is 1. The van der Waals surface area contributed by atoms with Gasteiger partial charge in [0.1, 0.15) is 5.76 Å². The maximum atomic E-state index is 12.1. The van der Waals surface area contributed by atoms with Crippen molar-refractivity contribution in [1.29, 1.82) is 0 Å². The van der Waals surface area contributed by atoms with Crippen LogP contribution >= 0.6 is 12.2 Å². The van der Waals surface area contributed by atoms with E-state index >= 15 is 0 Å². The van der Waals surface area contributed by atoms with E-state index in [4.69, 9.17) is 16.6 Å². The number of amides is 1. The van der Waals surface area contributed by atoms with Crippen molar-refractivity contribution >= 4 is 34.1 Å². The number of thiocarbonyl (C=S) groups is 1. The van der Waals surface area contributed by atoms with Crippen LogP contribution in [0.1, 0.15) is 16.2 Å². The van der Waals surface area contributed by atoms with Gasteiger partial charge in [0.15, 0.2) is 10.8 Å². The second-order valence-electron chi connectivity index (χ2n) is 4.46.